The Morgan fingerprint density at radius 3 is 1.28 bits per heavy atom. The number of rotatable bonds is 21. The van der Waals surface area contributed by atoms with Crippen LogP contribution < -0.4 is 18.9 Å². The van der Waals surface area contributed by atoms with E-state index in [1.807, 2.05) is 32.0 Å². The van der Waals surface area contributed by atoms with Crippen molar-refractivity contribution in [3.8, 4) is 23.0 Å². The molecule has 67 heavy (non-hydrogen) atoms. The fraction of sp³-hybridized carbons (Fsp3) is 0.255. The Bertz CT molecular complexity index is 2330. The lowest BCUT2D eigenvalue weighted by Gasteiger charge is -2.19. The summed E-state index contributed by atoms with van der Waals surface area (Å²) in [7, 11) is 0. The van der Waals surface area contributed by atoms with E-state index in [9.17, 15) is 45.5 Å². The number of hydrogen-bond acceptors (Lipinski definition) is 10. The van der Waals surface area contributed by atoms with Crippen LogP contribution in [0.4, 0.5) is 26.3 Å². The van der Waals surface area contributed by atoms with Crippen LogP contribution in [0.5, 0.6) is 23.0 Å². The molecule has 5 aromatic rings. The van der Waals surface area contributed by atoms with Gasteiger partial charge in [-0.05, 0) is 134 Å². The van der Waals surface area contributed by atoms with Crippen molar-refractivity contribution < 1.29 is 73.9 Å². The number of carbonyl (C=O) groups excluding carboxylic acids is 4. The first-order valence-electron chi connectivity index (χ1n) is 20.9. The molecule has 0 N–H and O–H groups in total. The number of alkyl halides is 6. The third-order valence-corrected chi connectivity index (χ3v) is 9.65. The van der Waals surface area contributed by atoms with Crippen LogP contribution in [0.1, 0.15) is 80.1 Å². The summed E-state index contributed by atoms with van der Waals surface area (Å²) in [5, 5.41) is 0. The minimum absolute atomic E-state index is 0.104. The number of benzene rings is 5. The van der Waals surface area contributed by atoms with E-state index in [0.29, 0.717) is 22.6 Å². The van der Waals surface area contributed by atoms with Gasteiger partial charge in [-0.1, -0.05) is 48.0 Å². The lowest BCUT2D eigenvalue weighted by atomic mass is 9.94. The summed E-state index contributed by atoms with van der Waals surface area (Å²) in [6, 6.07) is 30.0. The van der Waals surface area contributed by atoms with Crippen LogP contribution in [-0.2, 0) is 19.1 Å². The monoisotopic (exact) mass is 932 g/mol. The molecule has 0 spiro atoms. The predicted molar refractivity (Wildman–Crippen MR) is 236 cm³/mol. The Kier molecular flexibility index (Phi) is 18.3. The van der Waals surface area contributed by atoms with E-state index in [0.717, 1.165) is 16.7 Å². The molecule has 0 radical (unpaired) electrons. The number of ether oxygens (including phenoxy) is 6. The van der Waals surface area contributed by atoms with Crippen LogP contribution in [-0.4, -0.2) is 62.7 Å². The van der Waals surface area contributed by atoms with E-state index in [-0.39, 0.29) is 61.9 Å². The van der Waals surface area contributed by atoms with Gasteiger partial charge in [0, 0.05) is 25.0 Å². The van der Waals surface area contributed by atoms with Gasteiger partial charge in [0.15, 0.2) is 0 Å². The van der Waals surface area contributed by atoms with Gasteiger partial charge in [-0.3, -0.25) is 0 Å². The van der Waals surface area contributed by atoms with Crippen molar-refractivity contribution in [3.63, 3.8) is 0 Å². The highest BCUT2D eigenvalue weighted by Crippen LogP contribution is 2.26. The van der Waals surface area contributed by atoms with E-state index in [2.05, 4.69) is 0 Å². The normalized spacial score (nSPS) is 11.7. The highest BCUT2D eigenvalue weighted by atomic mass is 19.4. The summed E-state index contributed by atoms with van der Waals surface area (Å²) >= 11 is 0. The molecule has 0 bridgehead atoms. The summed E-state index contributed by atoms with van der Waals surface area (Å²) in [6.07, 6.45) is -5.30. The van der Waals surface area contributed by atoms with Gasteiger partial charge in [0.1, 0.15) is 36.2 Å². The zero-order valence-electron chi connectivity index (χ0n) is 36.4. The quantitative estimate of drug-likeness (QED) is 0.0231. The molecule has 0 unspecified atom stereocenters. The van der Waals surface area contributed by atoms with Gasteiger partial charge in [0.2, 0.25) is 0 Å². The molecule has 352 valence electrons. The van der Waals surface area contributed by atoms with Crippen LogP contribution in [0.25, 0.3) is 12.2 Å². The fourth-order valence-electron chi connectivity index (χ4n) is 6.23. The maximum Gasteiger partial charge on any atom is 0.389 e. The lowest BCUT2D eigenvalue weighted by Crippen LogP contribution is -2.19. The SMILES string of the molecule is Cc1ccc(C(COC(=O)/C=C/c2ccc(OC(=O)c3ccc(OCCCC(F)(F)F)cc3)cc2)COC(=O)/C=C/c2ccc(OC(=O)c3ccc(OCCCC(F)(F)F)cc3)cc2)c(C)c1. The van der Waals surface area contributed by atoms with Crippen LogP contribution in [0.3, 0.4) is 0 Å². The van der Waals surface area contributed by atoms with Crippen molar-refractivity contribution in [2.45, 2.75) is 57.8 Å². The van der Waals surface area contributed by atoms with E-state index in [4.69, 9.17) is 28.4 Å². The van der Waals surface area contributed by atoms with Gasteiger partial charge in [0.25, 0.3) is 0 Å². The minimum Gasteiger partial charge on any atom is -0.494 e. The van der Waals surface area contributed by atoms with Crippen LogP contribution in [0.2, 0.25) is 0 Å². The molecule has 0 fully saturated rings. The second kappa shape index (κ2) is 24.2. The molecule has 0 aliphatic carbocycles. The van der Waals surface area contributed by atoms with Gasteiger partial charge >= 0.3 is 36.2 Å². The first-order valence-corrected chi connectivity index (χ1v) is 20.9. The number of hydrogen-bond donors (Lipinski definition) is 0. The van der Waals surface area contributed by atoms with Gasteiger partial charge in [-0.15, -0.1) is 0 Å². The zero-order chi connectivity index (χ0) is 48.4. The molecular weight excluding hydrogens is 887 g/mol. The molecule has 0 atom stereocenters. The third kappa shape index (κ3) is 18.2. The highest BCUT2D eigenvalue weighted by Gasteiger charge is 2.27. The topological polar surface area (TPSA) is 124 Å². The standard InChI is InChI=1S/C51H46F6O10/c1-34-5-24-45(35(2)31-34)40(32-64-46(58)25-10-36-6-16-43(17-7-36)66-48(60)38-12-20-41(21-13-38)62-29-3-27-50(52,53)54)33-65-47(59)26-11-37-8-18-44(19-9-37)67-49(61)39-14-22-42(23-15-39)63-30-4-28-51(55,56)57/h5-26,31,40H,3-4,27-30,32-33H2,1-2H3/b25-10+,26-11+. The molecular formula is C51H46F6O10. The fourth-order valence-corrected chi connectivity index (χ4v) is 6.23. The summed E-state index contributed by atoms with van der Waals surface area (Å²) in [4.78, 5) is 50.9. The summed E-state index contributed by atoms with van der Waals surface area (Å²) in [6.45, 7) is 3.39. The Balaban J connectivity index is 1.07. The summed E-state index contributed by atoms with van der Waals surface area (Å²) in [5.74, 6) is -2.03. The first-order chi connectivity index (χ1) is 31.9. The van der Waals surface area contributed by atoms with Gasteiger partial charge in [0.05, 0.1) is 30.3 Å². The van der Waals surface area contributed by atoms with Crippen molar-refractivity contribution in [1.29, 1.82) is 0 Å². The smallest absolute Gasteiger partial charge is 0.389 e. The highest BCUT2D eigenvalue weighted by molar-refractivity contribution is 5.92. The van der Waals surface area contributed by atoms with Crippen molar-refractivity contribution in [2.75, 3.05) is 26.4 Å². The van der Waals surface area contributed by atoms with Gasteiger partial charge < -0.3 is 28.4 Å². The van der Waals surface area contributed by atoms with E-state index in [1.54, 1.807) is 24.3 Å². The molecule has 0 aromatic heterocycles. The second-order valence-corrected chi connectivity index (χ2v) is 15.1. The van der Waals surface area contributed by atoms with Crippen LogP contribution in [0, 0.1) is 13.8 Å². The third-order valence-electron chi connectivity index (χ3n) is 9.65. The minimum atomic E-state index is -4.26. The average Bonchev–Trinajstić information content (AvgIpc) is 3.29. The van der Waals surface area contributed by atoms with Gasteiger partial charge in [-0.2, -0.15) is 26.3 Å². The lowest BCUT2D eigenvalue weighted by molar-refractivity contribution is -0.141. The molecule has 0 saturated carbocycles. The molecule has 0 amide bonds. The Morgan fingerprint density at radius 2 is 0.910 bits per heavy atom. The second-order valence-electron chi connectivity index (χ2n) is 15.1. The average molecular weight is 933 g/mol. The van der Waals surface area contributed by atoms with Crippen molar-refractivity contribution in [3.05, 3.63) is 166 Å². The van der Waals surface area contributed by atoms with E-state index >= 15 is 0 Å². The summed E-state index contributed by atoms with van der Waals surface area (Å²) < 4.78 is 107. The Hall–Kier alpha value is -7.36. The number of aryl methyl sites for hydroxylation is 2. The number of esters is 4. The van der Waals surface area contributed by atoms with Crippen LogP contribution in [0.15, 0.2) is 127 Å². The molecule has 5 rings (SSSR count). The Labute approximate surface area is 382 Å². The molecule has 0 heterocycles. The Morgan fingerprint density at radius 1 is 0.522 bits per heavy atom. The molecule has 0 aliphatic rings. The van der Waals surface area contributed by atoms with Crippen LogP contribution >= 0.6 is 0 Å². The van der Waals surface area contributed by atoms with Crippen molar-refractivity contribution in [1.82, 2.24) is 0 Å². The molecule has 10 nitrogen and oxygen atoms in total. The summed E-state index contributed by atoms with van der Waals surface area (Å²) in [5.41, 5.74) is 4.37. The molecule has 5 aromatic carbocycles. The zero-order valence-corrected chi connectivity index (χ0v) is 36.4. The number of halogens is 6. The maximum absolute atomic E-state index is 12.8. The number of carbonyl (C=O) groups is 4. The maximum atomic E-state index is 12.8. The first kappa shape index (κ1) is 50.6. The van der Waals surface area contributed by atoms with E-state index in [1.165, 1.54) is 97.1 Å². The van der Waals surface area contributed by atoms with Gasteiger partial charge in [-0.25, -0.2) is 19.2 Å². The molecule has 0 aliphatic heterocycles. The largest absolute Gasteiger partial charge is 0.494 e. The molecule has 16 heteroatoms. The van der Waals surface area contributed by atoms with Crippen molar-refractivity contribution >= 4 is 36.0 Å². The van der Waals surface area contributed by atoms with Crippen molar-refractivity contribution in [2.24, 2.45) is 0 Å². The molecule has 0 saturated heterocycles. The predicted octanol–water partition coefficient (Wildman–Crippen LogP) is 11.8. The van der Waals surface area contributed by atoms with E-state index < -0.39 is 55.0 Å².